The fourth-order valence-corrected chi connectivity index (χ4v) is 1.87. The fraction of sp³-hybridized carbons (Fsp3) is 0.467. The highest BCUT2D eigenvalue weighted by molar-refractivity contribution is 5.97. The van der Waals surface area contributed by atoms with Crippen molar-refractivity contribution in [2.24, 2.45) is 5.92 Å². The van der Waals surface area contributed by atoms with E-state index in [1.807, 2.05) is 11.8 Å². The number of hydrogen-bond acceptors (Lipinski definition) is 4. The second kappa shape index (κ2) is 7.61. The van der Waals surface area contributed by atoms with Crippen LogP contribution in [-0.2, 0) is 0 Å². The smallest absolute Gasteiger partial charge is 0.176 e. The Hall–Kier alpha value is -1.93. The normalized spacial score (nSPS) is 12.0. The minimum absolute atomic E-state index is 0.118. The van der Waals surface area contributed by atoms with E-state index in [9.17, 15) is 9.18 Å². The number of carbonyl (C=O) groups excluding carboxylic acids is 1. The Morgan fingerprint density at radius 1 is 1.55 bits per heavy atom. The summed E-state index contributed by atoms with van der Waals surface area (Å²) in [4.78, 5) is 14.0. The van der Waals surface area contributed by atoms with Gasteiger partial charge in [0.25, 0.3) is 0 Å². The number of methoxy groups -OCH3 is 1. The molecule has 0 radical (unpaired) electrons. The van der Waals surface area contributed by atoms with Crippen LogP contribution in [0.25, 0.3) is 0 Å². The second-order valence-electron chi connectivity index (χ2n) is 4.63. The minimum atomic E-state index is -0.549. The molecule has 1 rings (SSSR count). The van der Waals surface area contributed by atoms with Crippen LogP contribution in [0.15, 0.2) is 18.2 Å². The van der Waals surface area contributed by atoms with E-state index < -0.39 is 5.82 Å². The lowest BCUT2D eigenvalue weighted by atomic mass is 10.1. The molecule has 20 heavy (non-hydrogen) atoms. The molecule has 0 saturated heterocycles. The number of hydrogen-bond donors (Lipinski definition) is 0. The molecule has 0 N–H and O–H groups in total. The molecule has 0 aliphatic carbocycles. The van der Waals surface area contributed by atoms with E-state index in [0.29, 0.717) is 18.7 Å². The maximum absolute atomic E-state index is 13.6. The van der Waals surface area contributed by atoms with Crippen LogP contribution in [0.1, 0.15) is 24.2 Å². The van der Waals surface area contributed by atoms with E-state index in [1.54, 1.807) is 13.0 Å². The molecule has 0 saturated carbocycles. The first-order chi connectivity index (χ1) is 9.51. The SMILES string of the molecule is CCN(CC(=O)c1ccc(OC)c(F)c1)CC(C)C#N. The van der Waals surface area contributed by atoms with Crippen LogP contribution in [0.3, 0.4) is 0 Å². The fourth-order valence-electron chi connectivity index (χ4n) is 1.87. The van der Waals surface area contributed by atoms with Gasteiger partial charge in [0.05, 0.1) is 25.6 Å². The van der Waals surface area contributed by atoms with E-state index in [2.05, 4.69) is 6.07 Å². The Bertz CT molecular complexity index is 511. The van der Waals surface area contributed by atoms with Crippen LogP contribution in [0, 0.1) is 23.1 Å². The van der Waals surface area contributed by atoms with Gasteiger partial charge in [-0.1, -0.05) is 6.92 Å². The van der Waals surface area contributed by atoms with Gasteiger partial charge in [-0.3, -0.25) is 9.69 Å². The van der Waals surface area contributed by atoms with Crippen LogP contribution in [0.2, 0.25) is 0 Å². The van der Waals surface area contributed by atoms with E-state index >= 15 is 0 Å². The van der Waals surface area contributed by atoms with Gasteiger partial charge in [0.15, 0.2) is 17.3 Å². The molecule has 1 unspecified atom stereocenters. The summed E-state index contributed by atoms with van der Waals surface area (Å²) < 4.78 is 18.4. The molecule has 0 amide bonds. The van der Waals surface area contributed by atoms with E-state index in [1.165, 1.54) is 19.2 Å². The lowest BCUT2D eigenvalue weighted by Crippen LogP contribution is -2.33. The Labute approximate surface area is 118 Å². The highest BCUT2D eigenvalue weighted by atomic mass is 19.1. The molecule has 5 heteroatoms. The van der Waals surface area contributed by atoms with Crippen LogP contribution >= 0.6 is 0 Å². The summed E-state index contributed by atoms with van der Waals surface area (Å²) in [6.07, 6.45) is 0. The Morgan fingerprint density at radius 3 is 2.75 bits per heavy atom. The first kappa shape index (κ1) is 16.1. The van der Waals surface area contributed by atoms with Gasteiger partial charge in [-0.2, -0.15) is 5.26 Å². The Kier molecular flexibility index (Phi) is 6.13. The summed E-state index contributed by atoms with van der Waals surface area (Å²) in [6, 6.07) is 6.31. The molecular formula is C15H19FN2O2. The molecule has 1 aromatic carbocycles. The number of nitrogens with zero attached hydrogens (tertiary/aromatic N) is 2. The van der Waals surface area contributed by atoms with Crippen molar-refractivity contribution in [3.05, 3.63) is 29.6 Å². The van der Waals surface area contributed by atoms with Crippen molar-refractivity contribution in [3.8, 4) is 11.8 Å². The summed E-state index contributed by atoms with van der Waals surface area (Å²) in [5.74, 6) is -0.743. The molecule has 0 aliphatic heterocycles. The van der Waals surface area contributed by atoms with Crippen LogP contribution in [0.4, 0.5) is 4.39 Å². The first-order valence-electron chi connectivity index (χ1n) is 6.50. The molecule has 4 nitrogen and oxygen atoms in total. The largest absolute Gasteiger partial charge is 0.494 e. The quantitative estimate of drug-likeness (QED) is 0.719. The van der Waals surface area contributed by atoms with Gasteiger partial charge < -0.3 is 4.74 Å². The maximum Gasteiger partial charge on any atom is 0.176 e. The van der Waals surface area contributed by atoms with Crippen molar-refractivity contribution < 1.29 is 13.9 Å². The van der Waals surface area contributed by atoms with Gasteiger partial charge in [-0.15, -0.1) is 0 Å². The number of Topliss-reactive ketones (excluding diaryl/α,β-unsaturated/α-hetero) is 1. The number of ketones is 1. The van der Waals surface area contributed by atoms with Crippen LogP contribution in [0.5, 0.6) is 5.75 Å². The maximum atomic E-state index is 13.6. The van der Waals surface area contributed by atoms with Crippen molar-refractivity contribution in [1.29, 1.82) is 5.26 Å². The van der Waals surface area contributed by atoms with Gasteiger partial charge in [0.1, 0.15) is 0 Å². The Morgan fingerprint density at radius 2 is 2.25 bits per heavy atom. The molecule has 0 aliphatic rings. The highest BCUT2D eigenvalue weighted by Gasteiger charge is 2.15. The van der Waals surface area contributed by atoms with E-state index in [0.717, 1.165) is 0 Å². The van der Waals surface area contributed by atoms with Gasteiger partial charge in [0.2, 0.25) is 0 Å². The number of rotatable bonds is 7. The molecular weight excluding hydrogens is 259 g/mol. The standard InChI is InChI=1S/C15H19FN2O2/c1-4-18(9-11(2)8-17)10-14(19)12-5-6-15(20-3)13(16)7-12/h5-7,11H,4,9-10H2,1-3H3. The summed E-state index contributed by atoms with van der Waals surface area (Å²) >= 11 is 0. The molecule has 108 valence electrons. The molecule has 0 heterocycles. The summed E-state index contributed by atoms with van der Waals surface area (Å²) in [6.45, 7) is 5.09. The lowest BCUT2D eigenvalue weighted by molar-refractivity contribution is 0.0928. The number of likely N-dealkylation sites (N-methyl/N-ethyl adjacent to an activating group) is 1. The number of nitriles is 1. The number of carbonyl (C=O) groups is 1. The van der Waals surface area contributed by atoms with Gasteiger partial charge in [-0.05, 0) is 31.7 Å². The minimum Gasteiger partial charge on any atom is -0.494 e. The van der Waals surface area contributed by atoms with Crippen molar-refractivity contribution in [2.45, 2.75) is 13.8 Å². The molecule has 1 atom stereocenters. The van der Waals surface area contributed by atoms with Crippen LogP contribution in [-0.4, -0.2) is 37.4 Å². The molecule has 0 spiro atoms. The monoisotopic (exact) mass is 278 g/mol. The first-order valence-corrected chi connectivity index (χ1v) is 6.50. The molecule has 0 bridgehead atoms. The Balaban J connectivity index is 2.74. The predicted octanol–water partition coefficient (Wildman–Crippen LogP) is 2.50. The summed E-state index contributed by atoms with van der Waals surface area (Å²) in [5.41, 5.74) is 0.311. The molecule has 0 aromatic heterocycles. The third-order valence-corrected chi connectivity index (χ3v) is 3.04. The lowest BCUT2D eigenvalue weighted by Gasteiger charge is -2.20. The highest BCUT2D eigenvalue weighted by Crippen LogP contribution is 2.18. The topological polar surface area (TPSA) is 53.3 Å². The summed E-state index contributed by atoms with van der Waals surface area (Å²) in [5, 5.41) is 8.80. The number of ether oxygens (including phenoxy) is 1. The van der Waals surface area contributed by atoms with Crippen LogP contribution < -0.4 is 4.74 Å². The van der Waals surface area contributed by atoms with Gasteiger partial charge >= 0.3 is 0 Å². The third-order valence-electron chi connectivity index (χ3n) is 3.04. The van der Waals surface area contributed by atoms with Crippen molar-refractivity contribution in [1.82, 2.24) is 4.90 Å². The zero-order valence-electron chi connectivity index (χ0n) is 12.0. The van der Waals surface area contributed by atoms with Gasteiger partial charge in [-0.25, -0.2) is 4.39 Å². The van der Waals surface area contributed by atoms with Crippen molar-refractivity contribution >= 4 is 5.78 Å². The molecule has 1 aromatic rings. The predicted molar refractivity (Wildman–Crippen MR) is 74.2 cm³/mol. The average molecular weight is 278 g/mol. The second-order valence-corrected chi connectivity index (χ2v) is 4.63. The van der Waals surface area contributed by atoms with Crippen molar-refractivity contribution in [3.63, 3.8) is 0 Å². The molecule has 0 fully saturated rings. The number of halogens is 1. The van der Waals surface area contributed by atoms with Gasteiger partial charge in [0, 0.05) is 12.1 Å². The average Bonchev–Trinajstić information content (AvgIpc) is 2.45. The van der Waals surface area contributed by atoms with Crippen molar-refractivity contribution in [2.75, 3.05) is 26.7 Å². The zero-order chi connectivity index (χ0) is 15.1. The third kappa shape index (κ3) is 4.32. The summed E-state index contributed by atoms with van der Waals surface area (Å²) in [7, 11) is 1.38. The zero-order valence-corrected chi connectivity index (χ0v) is 12.0. The number of benzene rings is 1. The van der Waals surface area contributed by atoms with E-state index in [4.69, 9.17) is 10.00 Å². The van der Waals surface area contributed by atoms with E-state index in [-0.39, 0.29) is 24.0 Å².